The molecule has 9 heteroatoms. The molecule has 1 aliphatic heterocycles. The third kappa shape index (κ3) is 4.24. The Bertz CT molecular complexity index is 739. The summed E-state index contributed by atoms with van der Waals surface area (Å²) >= 11 is 0. The van der Waals surface area contributed by atoms with Gasteiger partial charge < -0.3 is 15.0 Å². The number of nitrogens with one attached hydrogen (secondary N) is 1. The lowest BCUT2D eigenvalue weighted by Crippen LogP contribution is -2.50. The fourth-order valence-electron chi connectivity index (χ4n) is 2.53. The summed E-state index contributed by atoms with van der Waals surface area (Å²) in [5.41, 5.74) is 0.831. The topological polar surface area (TPSA) is 96.0 Å². The van der Waals surface area contributed by atoms with Crippen LogP contribution in [0.2, 0.25) is 0 Å². The molecule has 2 rings (SSSR count). The van der Waals surface area contributed by atoms with E-state index in [1.165, 1.54) is 18.3 Å². The van der Waals surface area contributed by atoms with Crippen molar-refractivity contribution in [1.29, 1.82) is 0 Å². The van der Waals surface area contributed by atoms with Gasteiger partial charge in [0.2, 0.25) is 15.9 Å². The molecule has 0 aromatic heterocycles. The molecule has 1 N–H and O–H groups in total. The van der Waals surface area contributed by atoms with E-state index < -0.39 is 10.0 Å². The van der Waals surface area contributed by atoms with Crippen LogP contribution in [0.1, 0.15) is 17.3 Å². The molecule has 0 saturated carbocycles. The van der Waals surface area contributed by atoms with Crippen molar-refractivity contribution in [2.24, 2.45) is 0 Å². The van der Waals surface area contributed by atoms with Gasteiger partial charge in [-0.05, 0) is 18.2 Å². The average molecular weight is 355 g/mol. The summed E-state index contributed by atoms with van der Waals surface area (Å²) in [7, 11) is -1.76. The van der Waals surface area contributed by atoms with Crippen LogP contribution in [0.4, 0.5) is 5.69 Å². The molecule has 0 spiro atoms. The van der Waals surface area contributed by atoms with Gasteiger partial charge in [-0.2, -0.15) is 4.31 Å². The monoisotopic (exact) mass is 355 g/mol. The van der Waals surface area contributed by atoms with Gasteiger partial charge in [-0.15, -0.1) is 0 Å². The summed E-state index contributed by atoms with van der Waals surface area (Å²) in [4.78, 5) is 25.5. The predicted octanol–water partition coefficient (Wildman–Crippen LogP) is 0.371. The van der Waals surface area contributed by atoms with Gasteiger partial charge in [-0.1, -0.05) is 0 Å². The molecule has 8 nitrogen and oxygen atoms in total. The van der Waals surface area contributed by atoms with E-state index in [0.29, 0.717) is 30.1 Å². The molecule has 1 aromatic carbocycles. The number of sulfonamides is 1. The summed E-state index contributed by atoms with van der Waals surface area (Å²) in [5, 5.41) is 2.63. The first-order valence-electron chi connectivity index (χ1n) is 7.42. The summed E-state index contributed by atoms with van der Waals surface area (Å²) in [6.45, 7) is 2.58. The number of carbonyl (C=O) groups is 2. The second kappa shape index (κ2) is 7.18. The van der Waals surface area contributed by atoms with Gasteiger partial charge in [0, 0.05) is 38.7 Å². The van der Waals surface area contributed by atoms with Crippen LogP contribution < -0.4 is 10.1 Å². The Morgan fingerprint density at radius 1 is 1.17 bits per heavy atom. The van der Waals surface area contributed by atoms with E-state index in [9.17, 15) is 18.0 Å². The Morgan fingerprint density at radius 3 is 2.29 bits per heavy atom. The van der Waals surface area contributed by atoms with Gasteiger partial charge in [0.1, 0.15) is 5.75 Å². The molecule has 1 fully saturated rings. The number of nitrogens with zero attached hydrogens (tertiary/aromatic N) is 2. The van der Waals surface area contributed by atoms with Gasteiger partial charge >= 0.3 is 0 Å². The molecular weight excluding hydrogens is 334 g/mol. The first kappa shape index (κ1) is 18.2. The zero-order valence-electron chi connectivity index (χ0n) is 13.9. The normalized spacial score (nSPS) is 15.9. The van der Waals surface area contributed by atoms with Crippen molar-refractivity contribution < 1.29 is 22.7 Å². The highest BCUT2D eigenvalue weighted by Crippen LogP contribution is 2.26. The summed E-state index contributed by atoms with van der Waals surface area (Å²) < 4.78 is 29.6. The number of hydrogen-bond donors (Lipinski definition) is 1. The molecule has 0 atom stereocenters. The Labute approximate surface area is 141 Å². The molecule has 132 valence electrons. The number of hydrogen-bond acceptors (Lipinski definition) is 5. The third-order valence-electron chi connectivity index (χ3n) is 3.75. The molecule has 1 aromatic rings. The molecule has 0 bridgehead atoms. The van der Waals surface area contributed by atoms with E-state index in [0.717, 1.165) is 6.26 Å². The fraction of sp³-hybridized carbons (Fsp3) is 0.467. The van der Waals surface area contributed by atoms with Crippen molar-refractivity contribution in [3.05, 3.63) is 23.8 Å². The minimum atomic E-state index is -3.24. The lowest BCUT2D eigenvalue weighted by atomic mass is 10.1. The van der Waals surface area contributed by atoms with Crippen LogP contribution in [0.5, 0.6) is 5.75 Å². The number of rotatable bonds is 4. The average Bonchev–Trinajstić information content (AvgIpc) is 2.53. The number of methoxy groups -OCH3 is 1. The third-order valence-corrected chi connectivity index (χ3v) is 5.06. The second-order valence-corrected chi connectivity index (χ2v) is 7.53. The van der Waals surface area contributed by atoms with E-state index in [-0.39, 0.29) is 24.9 Å². The number of anilines is 1. The van der Waals surface area contributed by atoms with E-state index in [1.807, 2.05) is 0 Å². The smallest absolute Gasteiger partial charge is 0.254 e. The van der Waals surface area contributed by atoms with Crippen molar-refractivity contribution >= 4 is 27.5 Å². The first-order chi connectivity index (χ1) is 11.2. The first-order valence-corrected chi connectivity index (χ1v) is 9.27. The van der Waals surface area contributed by atoms with Crippen LogP contribution in [-0.2, 0) is 14.8 Å². The van der Waals surface area contributed by atoms with Gasteiger partial charge in [0.15, 0.2) is 0 Å². The van der Waals surface area contributed by atoms with Crippen molar-refractivity contribution in [2.45, 2.75) is 6.92 Å². The molecule has 24 heavy (non-hydrogen) atoms. The number of piperazine rings is 1. The fourth-order valence-corrected chi connectivity index (χ4v) is 3.36. The van der Waals surface area contributed by atoms with E-state index in [4.69, 9.17) is 4.74 Å². The maximum atomic E-state index is 12.6. The van der Waals surface area contributed by atoms with Crippen molar-refractivity contribution in [3.63, 3.8) is 0 Å². The van der Waals surface area contributed by atoms with Gasteiger partial charge in [-0.25, -0.2) is 8.42 Å². The summed E-state index contributed by atoms with van der Waals surface area (Å²) in [6.07, 6.45) is 1.16. The Morgan fingerprint density at radius 2 is 1.79 bits per heavy atom. The maximum Gasteiger partial charge on any atom is 0.254 e. The van der Waals surface area contributed by atoms with E-state index >= 15 is 0 Å². The summed E-state index contributed by atoms with van der Waals surface area (Å²) in [6, 6.07) is 4.80. The maximum absolute atomic E-state index is 12.6. The summed E-state index contributed by atoms with van der Waals surface area (Å²) in [5.74, 6) is -0.0132. The number of ether oxygens (including phenoxy) is 1. The highest BCUT2D eigenvalue weighted by Gasteiger charge is 2.27. The zero-order valence-corrected chi connectivity index (χ0v) is 14.7. The minimum Gasteiger partial charge on any atom is -0.495 e. The molecule has 1 saturated heterocycles. The predicted molar refractivity (Wildman–Crippen MR) is 89.6 cm³/mol. The standard InChI is InChI=1S/C15H21N3O5S/c1-11(19)16-13-10-12(4-5-14(13)23-2)15(20)17-6-8-18(9-7-17)24(3,21)22/h4-5,10H,6-9H2,1-3H3,(H,16,19). The molecular formula is C15H21N3O5S. The van der Waals surface area contributed by atoms with Gasteiger partial charge in [-0.3, -0.25) is 9.59 Å². The lowest BCUT2D eigenvalue weighted by molar-refractivity contribution is -0.114. The van der Waals surface area contributed by atoms with Crippen LogP contribution in [0.15, 0.2) is 18.2 Å². The molecule has 0 aliphatic carbocycles. The highest BCUT2D eigenvalue weighted by atomic mass is 32.2. The van der Waals surface area contributed by atoms with Gasteiger partial charge in [0.25, 0.3) is 5.91 Å². The molecule has 0 unspecified atom stereocenters. The Hall–Kier alpha value is -2.13. The molecule has 0 radical (unpaired) electrons. The lowest BCUT2D eigenvalue weighted by Gasteiger charge is -2.33. The number of amides is 2. The number of benzene rings is 1. The van der Waals surface area contributed by atoms with Crippen molar-refractivity contribution in [3.8, 4) is 5.75 Å². The number of carbonyl (C=O) groups excluding carboxylic acids is 2. The van der Waals surface area contributed by atoms with Crippen LogP contribution in [0.25, 0.3) is 0 Å². The van der Waals surface area contributed by atoms with Crippen molar-refractivity contribution in [2.75, 3.05) is 44.9 Å². The van der Waals surface area contributed by atoms with Crippen LogP contribution >= 0.6 is 0 Å². The second-order valence-electron chi connectivity index (χ2n) is 5.55. The zero-order chi connectivity index (χ0) is 17.9. The largest absolute Gasteiger partial charge is 0.495 e. The van der Waals surface area contributed by atoms with Gasteiger partial charge in [0.05, 0.1) is 19.1 Å². The van der Waals surface area contributed by atoms with E-state index in [1.54, 1.807) is 23.1 Å². The van der Waals surface area contributed by atoms with Crippen LogP contribution in [0.3, 0.4) is 0 Å². The van der Waals surface area contributed by atoms with Crippen LogP contribution in [-0.4, -0.2) is 69.0 Å². The Kier molecular flexibility index (Phi) is 5.45. The molecule has 1 aliphatic rings. The SMILES string of the molecule is COc1ccc(C(=O)N2CCN(S(C)(=O)=O)CC2)cc1NC(C)=O. The van der Waals surface area contributed by atoms with Crippen molar-refractivity contribution in [1.82, 2.24) is 9.21 Å². The minimum absolute atomic E-state index is 0.211. The highest BCUT2D eigenvalue weighted by molar-refractivity contribution is 7.88. The van der Waals surface area contributed by atoms with E-state index in [2.05, 4.69) is 5.32 Å². The Balaban J connectivity index is 2.14. The molecule has 1 heterocycles. The quantitative estimate of drug-likeness (QED) is 0.842. The van der Waals surface area contributed by atoms with Crippen LogP contribution in [0, 0.1) is 0 Å². The molecule has 2 amide bonds.